The molecule has 0 bridgehead atoms. The van der Waals surface area contributed by atoms with Crippen molar-refractivity contribution in [3.8, 4) is 0 Å². The van der Waals surface area contributed by atoms with E-state index in [0.717, 1.165) is 0 Å². The number of oxazole rings is 1. The van der Waals surface area contributed by atoms with Crippen LogP contribution in [-0.4, -0.2) is 37.7 Å². The number of benzene rings is 1. The molecule has 0 radical (unpaired) electrons. The molecule has 0 amide bonds. The van der Waals surface area contributed by atoms with Gasteiger partial charge in [-0.15, -0.1) is 0 Å². The molecule has 1 aliphatic carbocycles. The first-order chi connectivity index (χ1) is 12.6. The first-order valence-corrected chi connectivity index (χ1v) is 11.2. The van der Waals surface area contributed by atoms with Crippen molar-refractivity contribution in [3.63, 3.8) is 0 Å². The Morgan fingerprint density at radius 2 is 1.78 bits per heavy atom. The van der Waals surface area contributed by atoms with Crippen LogP contribution in [0.5, 0.6) is 0 Å². The van der Waals surface area contributed by atoms with E-state index in [4.69, 9.17) is 25.5 Å². The molecule has 8 heteroatoms. The van der Waals surface area contributed by atoms with Gasteiger partial charge in [0.05, 0.1) is 23.5 Å². The predicted octanol–water partition coefficient (Wildman–Crippen LogP) is 4.24. The molecule has 1 aromatic heterocycles. The highest BCUT2D eigenvalue weighted by Crippen LogP contribution is 2.42. The molecule has 27 heavy (non-hydrogen) atoms. The van der Waals surface area contributed by atoms with Crippen LogP contribution in [0.4, 0.5) is 0 Å². The third-order valence-corrected chi connectivity index (χ3v) is 8.09. The number of ether oxygens (including phenoxy) is 2. The highest BCUT2D eigenvalue weighted by Gasteiger charge is 2.45. The second-order valence-corrected chi connectivity index (χ2v) is 10.9. The van der Waals surface area contributed by atoms with E-state index in [1.807, 2.05) is 20.8 Å². The lowest BCUT2D eigenvalue weighted by atomic mass is 9.94. The molecule has 1 spiro atoms. The second kappa shape index (κ2) is 6.44. The monoisotopic (exact) mass is 413 g/mol. The van der Waals surface area contributed by atoms with Gasteiger partial charge < -0.3 is 13.9 Å². The summed E-state index contributed by atoms with van der Waals surface area (Å²) in [5.74, 6) is -0.112. The van der Waals surface area contributed by atoms with Crippen molar-refractivity contribution >= 4 is 32.5 Å². The molecule has 1 aliphatic heterocycles. The van der Waals surface area contributed by atoms with Crippen LogP contribution in [0.25, 0.3) is 11.1 Å². The fourth-order valence-corrected chi connectivity index (χ4v) is 6.23. The number of fused-ring (bicyclic) bond motifs is 1. The molecule has 4 rings (SSSR count). The summed E-state index contributed by atoms with van der Waals surface area (Å²) in [6.45, 7) is 7.04. The zero-order chi connectivity index (χ0) is 19.4. The molecule has 2 aliphatic rings. The topological polar surface area (TPSA) is 78.6 Å². The number of halogens is 1. The molecule has 0 atom stereocenters. The number of rotatable bonds is 2. The van der Waals surface area contributed by atoms with Gasteiger partial charge in [-0.3, -0.25) is 0 Å². The third kappa shape index (κ3) is 3.28. The highest BCUT2D eigenvalue weighted by atomic mass is 35.5. The van der Waals surface area contributed by atoms with Crippen molar-refractivity contribution in [2.75, 3.05) is 13.2 Å². The van der Waals surface area contributed by atoms with Crippen LogP contribution in [0.2, 0.25) is 5.02 Å². The number of nitrogens with zero attached hydrogens (tertiary/aromatic N) is 1. The molecule has 2 aromatic rings. The van der Waals surface area contributed by atoms with Crippen molar-refractivity contribution in [3.05, 3.63) is 23.0 Å². The van der Waals surface area contributed by atoms with E-state index in [-0.39, 0.29) is 20.9 Å². The second-order valence-electron chi connectivity index (χ2n) is 8.35. The smallest absolute Gasteiger partial charge is 0.200 e. The maximum Gasteiger partial charge on any atom is 0.200 e. The molecule has 2 fully saturated rings. The molecule has 6 nitrogen and oxygen atoms in total. The number of hydrogen-bond acceptors (Lipinski definition) is 6. The van der Waals surface area contributed by atoms with Gasteiger partial charge in [-0.05, 0) is 25.0 Å². The van der Waals surface area contributed by atoms with Crippen LogP contribution < -0.4 is 0 Å². The quantitative estimate of drug-likeness (QED) is 0.732. The van der Waals surface area contributed by atoms with E-state index in [0.29, 0.717) is 50.3 Å². The van der Waals surface area contributed by atoms with Gasteiger partial charge in [-0.2, -0.15) is 0 Å². The minimum atomic E-state index is -3.67. The van der Waals surface area contributed by atoms with Gasteiger partial charge in [-0.1, -0.05) is 32.4 Å². The summed E-state index contributed by atoms with van der Waals surface area (Å²) in [5.41, 5.74) is 0.430. The lowest BCUT2D eigenvalue weighted by Crippen LogP contribution is -2.39. The first-order valence-electron chi connectivity index (χ1n) is 9.24. The van der Waals surface area contributed by atoms with E-state index in [1.165, 1.54) is 0 Å². The van der Waals surface area contributed by atoms with E-state index < -0.39 is 20.9 Å². The lowest BCUT2D eigenvalue weighted by molar-refractivity contribution is -0.176. The molecule has 1 saturated heterocycles. The van der Waals surface area contributed by atoms with Gasteiger partial charge in [0.15, 0.2) is 21.2 Å². The van der Waals surface area contributed by atoms with E-state index in [2.05, 4.69) is 4.98 Å². The van der Waals surface area contributed by atoms with Crippen LogP contribution in [0.1, 0.15) is 52.3 Å². The normalized spacial score (nSPS) is 21.3. The zero-order valence-electron chi connectivity index (χ0n) is 15.7. The Morgan fingerprint density at radius 3 is 2.37 bits per heavy atom. The van der Waals surface area contributed by atoms with Crippen molar-refractivity contribution in [1.29, 1.82) is 0 Å². The highest BCUT2D eigenvalue weighted by molar-refractivity contribution is 7.92. The molecule has 1 aromatic carbocycles. The Bertz CT molecular complexity index is 960. The van der Waals surface area contributed by atoms with E-state index in [9.17, 15) is 8.42 Å². The Kier molecular flexibility index (Phi) is 4.57. The maximum absolute atomic E-state index is 13.4. The molecule has 1 saturated carbocycles. The van der Waals surface area contributed by atoms with E-state index in [1.54, 1.807) is 12.1 Å². The largest absolute Gasteiger partial charge is 0.439 e. The van der Waals surface area contributed by atoms with Gasteiger partial charge in [0.1, 0.15) is 10.4 Å². The summed E-state index contributed by atoms with van der Waals surface area (Å²) in [7, 11) is -3.67. The fraction of sp³-hybridized carbons (Fsp3) is 0.632. The number of aromatic nitrogens is 1. The summed E-state index contributed by atoms with van der Waals surface area (Å²) < 4.78 is 44.2. The molecular formula is C19H24ClNO5S. The third-order valence-electron chi connectivity index (χ3n) is 5.34. The van der Waals surface area contributed by atoms with Crippen molar-refractivity contribution in [2.24, 2.45) is 0 Å². The van der Waals surface area contributed by atoms with Gasteiger partial charge in [-0.25, -0.2) is 13.4 Å². The van der Waals surface area contributed by atoms with Crippen molar-refractivity contribution < 1.29 is 22.3 Å². The zero-order valence-corrected chi connectivity index (χ0v) is 17.3. The molecule has 0 N–H and O–H groups in total. The fourth-order valence-electron chi connectivity index (χ4n) is 3.82. The maximum atomic E-state index is 13.4. The Morgan fingerprint density at radius 1 is 1.15 bits per heavy atom. The molecule has 2 heterocycles. The Balaban J connectivity index is 1.72. The predicted molar refractivity (Wildman–Crippen MR) is 102 cm³/mol. The van der Waals surface area contributed by atoms with Gasteiger partial charge in [0.25, 0.3) is 0 Å². The van der Waals surface area contributed by atoms with Crippen LogP contribution in [0.3, 0.4) is 0 Å². The summed E-state index contributed by atoms with van der Waals surface area (Å²) in [4.78, 5) is 4.53. The van der Waals surface area contributed by atoms with E-state index >= 15 is 0 Å². The van der Waals surface area contributed by atoms with Gasteiger partial charge in [0.2, 0.25) is 5.89 Å². The van der Waals surface area contributed by atoms with Crippen LogP contribution >= 0.6 is 11.6 Å². The summed E-state index contributed by atoms with van der Waals surface area (Å²) in [5, 5.41) is -0.366. The number of hydrogen-bond donors (Lipinski definition) is 0. The summed E-state index contributed by atoms with van der Waals surface area (Å²) in [6.07, 6.45) is 2.06. The minimum Gasteiger partial charge on any atom is -0.439 e. The number of sulfone groups is 1. The first kappa shape index (κ1) is 19.2. The Labute approximate surface area is 164 Å². The summed E-state index contributed by atoms with van der Waals surface area (Å²) in [6, 6.07) is 3.28. The van der Waals surface area contributed by atoms with Crippen LogP contribution in [-0.2, 0) is 24.7 Å². The Hall–Kier alpha value is -1.15. The molecular weight excluding hydrogens is 390 g/mol. The average molecular weight is 414 g/mol. The van der Waals surface area contributed by atoms with Crippen LogP contribution in [0, 0.1) is 0 Å². The standard InChI is InChI=1S/C19H24ClNO5S/c1-18(2,3)17-21-14-5-4-13(20)16(15(14)26-17)27(22,23)12-6-8-19(9-7-12)24-10-11-25-19/h4-5,12H,6-11H2,1-3H3. The molecule has 148 valence electrons. The lowest BCUT2D eigenvalue weighted by Gasteiger charge is -2.35. The van der Waals surface area contributed by atoms with Crippen molar-refractivity contribution in [2.45, 2.75) is 67.8 Å². The minimum absolute atomic E-state index is 0.0545. The SMILES string of the molecule is CC(C)(C)c1nc2ccc(Cl)c(S(=O)(=O)C3CCC4(CC3)OCCO4)c2o1. The van der Waals surface area contributed by atoms with Crippen LogP contribution in [0.15, 0.2) is 21.4 Å². The van der Waals surface area contributed by atoms with Crippen molar-refractivity contribution in [1.82, 2.24) is 4.98 Å². The van der Waals surface area contributed by atoms with Gasteiger partial charge in [0, 0.05) is 18.3 Å². The van der Waals surface area contributed by atoms with Gasteiger partial charge >= 0.3 is 0 Å². The average Bonchev–Trinajstić information content (AvgIpc) is 3.21. The molecule has 0 unspecified atom stereocenters. The summed E-state index contributed by atoms with van der Waals surface area (Å²) >= 11 is 6.33.